The van der Waals surface area contributed by atoms with Gasteiger partial charge < -0.3 is 15.8 Å². The molecular formula is C14H22N2O. The lowest BCUT2D eigenvalue weighted by Crippen LogP contribution is -2.37. The van der Waals surface area contributed by atoms with E-state index >= 15 is 0 Å². The molecule has 0 atom stereocenters. The highest BCUT2D eigenvalue weighted by Crippen LogP contribution is 2.19. The second-order valence-corrected chi connectivity index (χ2v) is 5.40. The molecule has 0 bridgehead atoms. The first kappa shape index (κ1) is 13.7. The third-order valence-electron chi connectivity index (χ3n) is 2.53. The summed E-state index contributed by atoms with van der Waals surface area (Å²) in [4.78, 5) is 0. The Morgan fingerprint density at radius 1 is 1.35 bits per heavy atom. The van der Waals surface area contributed by atoms with E-state index in [1.807, 2.05) is 12.1 Å². The summed E-state index contributed by atoms with van der Waals surface area (Å²) < 4.78 is 0. The van der Waals surface area contributed by atoms with Gasteiger partial charge in [0.25, 0.3) is 0 Å². The highest BCUT2D eigenvalue weighted by molar-refractivity contribution is 5.98. The van der Waals surface area contributed by atoms with Crippen LogP contribution in [-0.4, -0.2) is 22.9 Å². The summed E-state index contributed by atoms with van der Waals surface area (Å²) in [6, 6.07) is 5.47. The number of rotatable bonds is 4. The molecule has 0 aliphatic rings. The zero-order chi connectivity index (χ0) is 13.1. The fourth-order valence-electron chi connectivity index (χ4n) is 1.62. The van der Waals surface area contributed by atoms with Crippen molar-refractivity contribution >= 4 is 5.71 Å². The summed E-state index contributed by atoms with van der Waals surface area (Å²) in [5.74, 6) is 0.185. The Bertz CT molecular complexity index is 405. The maximum Gasteiger partial charge on any atom is 0.124 e. The Morgan fingerprint density at radius 2 is 2.00 bits per heavy atom. The third-order valence-corrected chi connectivity index (χ3v) is 2.53. The van der Waals surface area contributed by atoms with Gasteiger partial charge in [0.05, 0.1) is 0 Å². The first-order chi connectivity index (χ1) is 7.79. The van der Waals surface area contributed by atoms with Crippen LogP contribution in [0.3, 0.4) is 0 Å². The normalized spacial score (nSPS) is 11.5. The van der Waals surface area contributed by atoms with Gasteiger partial charge in [-0.3, -0.25) is 0 Å². The Hall–Kier alpha value is -1.35. The largest absolute Gasteiger partial charge is 0.507 e. The van der Waals surface area contributed by atoms with Crippen molar-refractivity contribution in [1.29, 1.82) is 5.41 Å². The lowest BCUT2D eigenvalue weighted by atomic mass is 10.0. The van der Waals surface area contributed by atoms with Crippen molar-refractivity contribution in [2.45, 2.75) is 39.7 Å². The van der Waals surface area contributed by atoms with Gasteiger partial charge in [0.1, 0.15) is 5.75 Å². The molecule has 1 rings (SSSR count). The zero-order valence-electron chi connectivity index (χ0n) is 11.1. The number of phenols is 1. The molecule has 17 heavy (non-hydrogen) atoms. The number of phenolic OH excluding ortho intramolecular Hbond substituents is 1. The summed E-state index contributed by atoms with van der Waals surface area (Å²) in [7, 11) is 0. The van der Waals surface area contributed by atoms with Crippen molar-refractivity contribution in [2.24, 2.45) is 0 Å². The topological polar surface area (TPSA) is 56.1 Å². The van der Waals surface area contributed by atoms with Gasteiger partial charge in [-0.2, -0.15) is 0 Å². The van der Waals surface area contributed by atoms with Crippen molar-refractivity contribution < 1.29 is 5.11 Å². The molecule has 94 valence electrons. The predicted octanol–water partition coefficient (Wildman–Crippen LogP) is 2.71. The van der Waals surface area contributed by atoms with Crippen LogP contribution < -0.4 is 5.32 Å². The standard InChI is InChI=1S/C14H22N2O/c1-10(15)12-9-11(5-6-13(12)17)7-8-16-14(2,3)4/h5-6,9,15-17H,7-8H2,1-4H3. The predicted molar refractivity (Wildman–Crippen MR) is 72.1 cm³/mol. The molecule has 0 amide bonds. The minimum atomic E-state index is 0.122. The van der Waals surface area contributed by atoms with Gasteiger partial charge in [-0.05, 0) is 58.4 Å². The molecule has 1 aromatic carbocycles. The molecular weight excluding hydrogens is 212 g/mol. The van der Waals surface area contributed by atoms with Crippen LogP contribution in [-0.2, 0) is 6.42 Å². The molecule has 0 fully saturated rings. The molecule has 0 saturated heterocycles. The van der Waals surface area contributed by atoms with E-state index in [1.54, 1.807) is 13.0 Å². The molecule has 0 heterocycles. The van der Waals surface area contributed by atoms with E-state index in [0.29, 0.717) is 11.3 Å². The van der Waals surface area contributed by atoms with E-state index in [-0.39, 0.29) is 11.3 Å². The Morgan fingerprint density at radius 3 is 2.53 bits per heavy atom. The smallest absolute Gasteiger partial charge is 0.124 e. The molecule has 0 spiro atoms. The lowest BCUT2D eigenvalue weighted by molar-refractivity contribution is 0.429. The van der Waals surface area contributed by atoms with Crippen LogP contribution in [0.5, 0.6) is 5.75 Å². The van der Waals surface area contributed by atoms with E-state index in [0.717, 1.165) is 18.5 Å². The van der Waals surface area contributed by atoms with Crippen LogP contribution in [0, 0.1) is 5.41 Å². The van der Waals surface area contributed by atoms with Gasteiger partial charge in [-0.25, -0.2) is 0 Å². The van der Waals surface area contributed by atoms with Crippen LogP contribution in [0.2, 0.25) is 0 Å². The summed E-state index contributed by atoms with van der Waals surface area (Å²) in [5, 5.41) is 20.6. The first-order valence-electron chi connectivity index (χ1n) is 5.92. The summed E-state index contributed by atoms with van der Waals surface area (Å²) in [6.07, 6.45) is 0.901. The number of benzene rings is 1. The SMILES string of the molecule is CC(=N)c1cc(CCNC(C)(C)C)ccc1O. The second-order valence-electron chi connectivity index (χ2n) is 5.40. The van der Waals surface area contributed by atoms with Gasteiger partial charge in [0.2, 0.25) is 0 Å². The molecule has 0 aromatic heterocycles. The average Bonchev–Trinajstić information content (AvgIpc) is 2.18. The molecule has 3 N–H and O–H groups in total. The second kappa shape index (κ2) is 5.32. The fourth-order valence-corrected chi connectivity index (χ4v) is 1.62. The van der Waals surface area contributed by atoms with Gasteiger partial charge in [0, 0.05) is 16.8 Å². The molecule has 3 nitrogen and oxygen atoms in total. The first-order valence-corrected chi connectivity index (χ1v) is 5.92. The maximum absolute atomic E-state index is 9.60. The molecule has 0 unspecified atom stereocenters. The third kappa shape index (κ3) is 4.57. The van der Waals surface area contributed by atoms with Gasteiger partial charge in [-0.1, -0.05) is 6.07 Å². The fraction of sp³-hybridized carbons (Fsp3) is 0.500. The molecule has 0 aliphatic carbocycles. The molecule has 0 aliphatic heterocycles. The summed E-state index contributed by atoms with van der Waals surface area (Å²) in [5.41, 5.74) is 2.28. The minimum absolute atomic E-state index is 0.122. The monoisotopic (exact) mass is 234 g/mol. The molecule has 1 aromatic rings. The Balaban J connectivity index is 2.67. The van der Waals surface area contributed by atoms with Gasteiger partial charge in [0.15, 0.2) is 0 Å². The van der Waals surface area contributed by atoms with Crippen LogP contribution in [0.15, 0.2) is 18.2 Å². The molecule has 0 saturated carbocycles. The molecule has 0 radical (unpaired) electrons. The van der Waals surface area contributed by atoms with E-state index in [9.17, 15) is 5.11 Å². The number of nitrogens with one attached hydrogen (secondary N) is 2. The van der Waals surface area contributed by atoms with Crippen molar-refractivity contribution in [3.63, 3.8) is 0 Å². The highest BCUT2D eigenvalue weighted by atomic mass is 16.3. The van der Waals surface area contributed by atoms with E-state index in [1.165, 1.54) is 0 Å². The molecule has 3 heteroatoms. The van der Waals surface area contributed by atoms with E-state index in [4.69, 9.17) is 5.41 Å². The van der Waals surface area contributed by atoms with E-state index < -0.39 is 0 Å². The van der Waals surface area contributed by atoms with Crippen molar-refractivity contribution in [3.05, 3.63) is 29.3 Å². The Labute approximate surface area is 103 Å². The lowest BCUT2D eigenvalue weighted by Gasteiger charge is -2.20. The summed E-state index contributed by atoms with van der Waals surface area (Å²) >= 11 is 0. The van der Waals surface area contributed by atoms with E-state index in [2.05, 4.69) is 26.1 Å². The van der Waals surface area contributed by atoms with Crippen molar-refractivity contribution in [2.75, 3.05) is 6.54 Å². The quantitative estimate of drug-likeness (QED) is 0.702. The summed E-state index contributed by atoms with van der Waals surface area (Å²) in [6.45, 7) is 8.99. The number of hydrogen-bond donors (Lipinski definition) is 3. The maximum atomic E-state index is 9.60. The van der Waals surface area contributed by atoms with Crippen LogP contribution in [0.1, 0.15) is 38.8 Å². The van der Waals surface area contributed by atoms with Crippen molar-refractivity contribution in [3.8, 4) is 5.75 Å². The number of aromatic hydroxyl groups is 1. The van der Waals surface area contributed by atoms with Gasteiger partial charge in [-0.15, -0.1) is 0 Å². The van der Waals surface area contributed by atoms with Crippen LogP contribution in [0.25, 0.3) is 0 Å². The van der Waals surface area contributed by atoms with Crippen molar-refractivity contribution in [1.82, 2.24) is 5.32 Å². The zero-order valence-corrected chi connectivity index (χ0v) is 11.1. The van der Waals surface area contributed by atoms with Crippen LogP contribution >= 0.6 is 0 Å². The minimum Gasteiger partial charge on any atom is -0.507 e. The Kier molecular flexibility index (Phi) is 4.29. The van der Waals surface area contributed by atoms with Crippen LogP contribution in [0.4, 0.5) is 0 Å². The highest BCUT2D eigenvalue weighted by Gasteiger charge is 2.09. The van der Waals surface area contributed by atoms with Gasteiger partial charge >= 0.3 is 0 Å². The number of hydrogen-bond acceptors (Lipinski definition) is 3. The average molecular weight is 234 g/mol.